The Balaban J connectivity index is 0.00000126. The van der Waals surface area contributed by atoms with Crippen LogP contribution in [0.3, 0.4) is 0 Å². The summed E-state index contributed by atoms with van der Waals surface area (Å²) >= 11 is 6.09. The fourth-order valence-corrected chi connectivity index (χ4v) is 2.82. The average molecular weight is 384 g/mol. The number of halogens is 1. The van der Waals surface area contributed by atoms with Gasteiger partial charge in [-0.2, -0.15) is 5.10 Å². The lowest BCUT2D eigenvalue weighted by atomic mass is 10.1. The van der Waals surface area contributed by atoms with E-state index in [4.69, 9.17) is 11.6 Å². The minimum atomic E-state index is 0.681. The van der Waals surface area contributed by atoms with Gasteiger partial charge in [0.05, 0.1) is 38.6 Å². The highest BCUT2D eigenvalue weighted by atomic mass is 35.5. The van der Waals surface area contributed by atoms with Crippen LogP contribution in [-0.2, 0) is 6.54 Å². The molecule has 1 aromatic heterocycles. The van der Waals surface area contributed by atoms with E-state index in [1.165, 1.54) is 5.56 Å². The number of rotatable bonds is 5. The topological polar surface area (TPSA) is 37.3 Å². The van der Waals surface area contributed by atoms with Gasteiger partial charge in [0.15, 0.2) is 0 Å². The van der Waals surface area contributed by atoms with Crippen LogP contribution in [0.15, 0.2) is 59.8 Å². The number of anilines is 1. The largest absolute Gasteiger partial charge is 0.327 e. The maximum absolute atomic E-state index is 6.09. The van der Waals surface area contributed by atoms with Crippen molar-refractivity contribution in [1.29, 1.82) is 0 Å². The Kier molecular flexibility index (Phi) is 7.34. The molecular formula is C22H28ClN4+. The molecule has 1 heterocycles. The van der Waals surface area contributed by atoms with Crippen molar-refractivity contribution < 1.29 is 4.48 Å². The van der Waals surface area contributed by atoms with Gasteiger partial charge in [-0.15, -0.1) is 0 Å². The predicted octanol–water partition coefficient (Wildman–Crippen LogP) is 5.57. The molecule has 0 saturated heterocycles. The summed E-state index contributed by atoms with van der Waals surface area (Å²) in [6.45, 7) is 5.00. The molecule has 3 rings (SSSR count). The molecular weight excluding hydrogens is 356 g/mol. The highest BCUT2D eigenvalue weighted by molar-refractivity contribution is 6.31. The van der Waals surface area contributed by atoms with Gasteiger partial charge < -0.3 is 4.48 Å². The zero-order chi connectivity index (χ0) is 19.9. The molecule has 0 unspecified atom stereocenters. The summed E-state index contributed by atoms with van der Waals surface area (Å²) in [6, 6.07) is 16.0. The Hall–Kier alpha value is -2.43. The maximum atomic E-state index is 6.09. The third-order valence-corrected chi connectivity index (χ3v) is 3.97. The van der Waals surface area contributed by atoms with Crippen molar-refractivity contribution in [2.45, 2.75) is 20.4 Å². The van der Waals surface area contributed by atoms with E-state index in [9.17, 15) is 0 Å². The molecule has 142 valence electrons. The summed E-state index contributed by atoms with van der Waals surface area (Å²) in [6.07, 6.45) is 3.57. The highest BCUT2D eigenvalue weighted by Crippen LogP contribution is 2.24. The number of hydrogen-bond acceptors (Lipinski definition) is 3. The van der Waals surface area contributed by atoms with Crippen LogP contribution in [0.5, 0.6) is 0 Å². The Morgan fingerprint density at radius 3 is 2.41 bits per heavy atom. The van der Waals surface area contributed by atoms with Crippen LogP contribution in [0.1, 0.15) is 25.0 Å². The third kappa shape index (κ3) is 6.35. The van der Waals surface area contributed by atoms with Crippen LogP contribution >= 0.6 is 11.6 Å². The molecule has 0 amide bonds. The SMILES string of the molecule is CC.C[N+](C)(C)Cc1ccc(/C=N\Nc2ccnc3ccc(Cl)cc23)cc1. The van der Waals surface area contributed by atoms with Crippen molar-refractivity contribution in [3.8, 4) is 0 Å². The standard InChI is InChI=1S/C20H22ClN4.C2H6/c1-25(2,3)14-16-6-4-15(5-7-16)13-23-24-20-10-11-22-19-9-8-17(21)12-18(19)20;1-2/h4-13H,14H2,1-3H3,(H,22,24);1-2H3/q+1;/b23-13-;. The number of aromatic nitrogens is 1. The molecule has 2 aromatic carbocycles. The van der Waals surface area contributed by atoms with Crippen LogP contribution in [0, 0.1) is 0 Å². The van der Waals surface area contributed by atoms with Crippen LogP contribution in [0.2, 0.25) is 5.02 Å². The number of hydrogen-bond donors (Lipinski definition) is 1. The van der Waals surface area contributed by atoms with Gasteiger partial charge in [0.25, 0.3) is 0 Å². The first-order valence-corrected chi connectivity index (χ1v) is 9.51. The smallest absolute Gasteiger partial charge is 0.104 e. The minimum absolute atomic E-state index is 0.681. The zero-order valence-corrected chi connectivity index (χ0v) is 17.5. The molecule has 0 aliphatic heterocycles. The number of fused-ring (bicyclic) bond motifs is 1. The lowest BCUT2D eigenvalue weighted by Gasteiger charge is -2.23. The fraction of sp³-hybridized carbons (Fsp3) is 0.273. The molecule has 4 nitrogen and oxygen atoms in total. The first-order chi connectivity index (χ1) is 12.9. The molecule has 1 N–H and O–H groups in total. The molecule has 0 spiro atoms. The molecule has 0 atom stereocenters. The van der Waals surface area contributed by atoms with Crippen LogP contribution in [0.4, 0.5) is 5.69 Å². The van der Waals surface area contributed by atoms with E-state index in [0.29, 0.717) is 5.02 Å². The number of pyridine rings is 1. The van der Waals surface area contributed by atoms with Crippen LogP contribution in [-0.4, -0.2) is 36.8 Å². The van der Waals surface area contributed by atoms with Gasteiger partial charge in [0, 0.05) is 22.2 Å². The van der Waals surface area contributed by atoms with Crippen LogP contribution in [0.25, 0.3) is 10.9 Å². The number of nitrogens with one attached hydrogen (secondary N) is 1. The number of quaternary nitrogens is 1. The van der Waals surface area contributed by atoms with Gasteiger partial charge in [-0.25, -0.2) is 0 Å². The Labute approximate surface area is 167 Å². The second-order valence-corrected chi connectivity index (χ2v) is 7.52. The number of nitrogens with zero attached hydrogens (tertiary/aromatic N) is 3. The van der Waals surface area contributed by atoms with Crippen molar-refractivity contribution in [3.63, 3.8) is 0 Å². The fourth-order valence-electron chi connectivity index (χ4n) is 2.65. The molecule has 0 fully saturated rings. The monoisotopic (exact) mass is 383 g/mol. The molecule has 0 bridgehead atoms. The predicted molar refractivity (Wildman–Crippen MR) is 117 cm³/mol. The lowest BCUT2D eigenvalue weighted by molar-refractivity contribution is -0.884. The summed E-state index contributed by atoms with van der Waals surface area (Å²) in [5.41, 5.74) is 7.21. The summed E-state index contributed by atoms with van der Waals surface area (Å²) in [4.78, 5) is 4.34. The van der Waals surface area contributed by atoms with Gasteiger partial charge in [0.1, 0.15) is 6.54 Å². The van der Waals surface area contributed by atoms with Crippen molar-refractivity contribution in [1.82, 2.24) is 4.98 Å². The summed E-state index contributed by atoms with van der Waals surface area (Å²) in [5, 5.41) is 5.98. The maximum Gasteiger partial charge on any atom is 0.104 e. The van der Waals surface area contributed by atoms with Gasteiger partial charge >= 0.3 is 0 Å². The van der Waals surface area contributed by atoms with Crippen molar-refractivity contribution in [2.75, 3.05) is 26.6 Å². The molecule has 0 radical (unpaired) electrons. The Bertz CT molecular complexity index is 896. The Morgan fingerprint density at radius 1 is 1.04 bits per heavy atom. The molecule has 0 aliphatic carbocycles. The van der Waals surface area contributed by atoms with E-state index in [1.54, 1.807) is 6.20 Å². The molecule has 3 aromatic rings. The number of hydrazone groups is 1. The van der Waals surface area contributed by atoms with Crippen molar-refractivity contribution in [3.05, 3.63) is 70.9 Å². The van der Waals surface area contributed by atoms with E-state index in [-0.39, 0.29) is 0 Å². The minimum Gasteiger partial charge on any atom is -0.327 e. The van der Waals surface area contributed by atoms with E-state index in [2.05, 4.69) is 60.9 Å². The zero-order valence-electron chi connectivity index (χ0n) is 16.7. The quantitative estimate of drug-likeness (QED) is 0.355. The van der Waals surface area contributed by atoms with E-state index in [1.807, 2.05) is 44.3 Å². The lowest BCUT2D eigenvalue weighted by Crippen LogP contribution is -2.33. The number of benzene rings is 2. The second kappa shape index (κ2) is 9.49. The summed E-state index contributed by atoms with van der Waals surface area (Å²) < 4.78 is 0.909. The molecule has 5 heteroatoms. The van der Waals surface area contributed by atoms with Gasteiger partial charge in [-0.1, -0.05) is 49.7 Å². The van der Waals surface area contributed by atoms with Gasteiger partial charge in [-0.3, -0.25) is 10.4 Å². The molecule has 0 aliphatic rings. The third-order valence-electron chi connectivity index (χ3n) is 3.74. The Morgan fingerprint density at radius 2 is 1.74 bits per heavy atom. The highest BCUT2D eigenvalue weighted by Gasteiger charge is 2.07. The molecule has 27 heavy (non-hydrogen) atoms. The summed E-state index contributed by atoms with van der Waals surface area (Å²) in [7, 11) is 6.56. The van der Waals surface area contributed by atoms with Crippen molar-refractivity contribution in [2.24, 2.45) is 5.10 Å². The van der Waals surface area contributed by atoms with Crippen LogP contribution < -0.4 is 5.43 Å². The first kappa shape index (κ1) is 20.9. The first-order valence-electron chi connectivity index (χ1n) is 9.13. The molecule has 0 saturated carbocycles. The van der Waals surface area contributed by atoms with E-state index < -0.39 is 0 Å². The van der Waals surface area contributed by atoms with E-state index >= 15 is 0 Å². The van der Waals surface area contributed by atoms with E-state index in [0.717, 1.165) is 33.2 Å². The van der Waals surface area contributed by atoms with Gasteiger partial charge in [-0.05, 0) is 29.8 Å². The summed E-state index contributed by atoms with van der Waals surface area (Å²) in [5.74, 6) is 0. The second-order valence-electron chi connectivity index (χ2n) is 7.08. The average Bonchev–Trinajstić information content (AvgIpc) is 2.64. The van der Waals surface area contributed by atoms with Gasteiger partial charge in [0.2, 0.25) is 0 Å². The normalized spacial score (nSPS) is 11.3. The van der Waals surface area contributed by atoms with Crippen molar-refractivity contribution >= 4 is 34.4 Å².